The van der Waals surface area contributed by atoms with Crippen LogP contribution in [-0.4, -0.2) is 32.1 Å². The normalized spacial score (nSPS) is 11.6. The number of rotatable bonds is 6. The Morgan fingerprint density at radius 2 is 1.52 bits per heavy atom. The number of carbonyl (C=O) groups excluding carboxylic acids is 2. The lowest BCUT2D eigenvalue weighted by molar-refractivity contribution is 0.0318. The van der Waals surface area contributed by atoms with Crippen molar-refractivity contribution in [1.29, 1.82) is 0 Å². The van der Waals surface area contributed by atoms with Gasteiger partial charge in [0, 0.05) is 5.56 Å². The van der Waals surface area contributed by atoms with E-state index in [9.17, 15) is 14.0 Å². The van der Waals surface area contributed by atoms with Crippen LogP contribution in [0.3, 0.4) is 0 Å². The van der Waals surface area contributed by atoms with Crippen LogP contribution in [0.2, 0.25) is 0 Å². The zero-order valence-electron chi connectivity index (χ0n) is 13.8. The number of hydrogen-bond donors (Lipinski definition) is 0. The molecular weight excluding hydrogens is 395 g/mol. The van der Waals surface area contributed by atoms with Crippen molar-refractivity contribution in [2.24, 2.45) is 0 Å². The Balaban J connectivity index is 2.18. The first-order valence-electron chi connectivity index (χ1n) is 7.29. The van der Waals surface area contributed by atoms with E-state index in [1.165, 1.54) is 57.5 Å². The average molecular weight is 411 g/mol. The maximum atomic E-state index is 12.9. The van der Waals surface area contributed by atoms with Crippen LogP contribution >= 0.6 is 15.9 Å². The molecule has 0 aliphatic rings. The van der Waals surface area contributed by atoms with Gasteiger partial charge in [0.05, 0.1) is 19.8 Å². The second-order valence-corrected chi connectivity index (χ2v) is 5.91. The van der Waals surface area contributed by atoms with Gasteiger partial charge in [-0.2, -0.15) is 0 Å². The van der Waals surface area contributed by atoms with E-state index in [1.807, 2.05) is 0 Å². The first kappa shape index (κ1) is 18.9. The molecule has 0 aliphatic carbocycles. The Bertz CT molecular complexity index is 764. The number of ketones is 1. The largest absolute Gasteiger partial charge is 0.495 e. The van der Waals surface area contributed by atoms with E-state index in [0.29, 0.717) is 16.0 Å². The van der Waals surface area contributed by atoms with Crippen molar-refractivity contribution < 1.29 is 28.2 Å². The fourth-order valence-corrected chi connectivity index (χ4v) is 2.67. The highest BCUT2D eigenvalue weighted by Gasteiger charge is 2.22. The molecule has 25 heavy (non-hydrogen) atoms. The Kier molecular flexibility index (Phi) is 6.14. The summed E-state index contributed by atoms with van der Waals surface area (Å²) in [5.74, 6) is -0.792. The monoisotopic (exact) mass is 410 g/mol. The number of carbonyl (C=O) groups is 2. The van der Waals surface area contributed by atoms with Gasteiger partial charge in [-0.15, -0.1) is 0 Å². The molecule has 2 aromatic carbocycles. The van der Waals surface area contributed by atoms with Gasteiger partial charge in [-0.1, -0.05) is 0 Å². The van der Waals surface area contributed by atoms with Gasteiger partial charge < -0.3 is 14.2 Å². The summed E-state index contributed by atoms with van der Waals surface area (Å²) in [5.41, 5.74) is 0.434. The lowest BCUT2D eigenvalue weighted by Crippen LogP contribution is -2.24. The van der Waals surface area contributed by atoms with Gasteiger partial charge in [0.2, 0.25) is 5.78 Å². The van der Waals surface area contributed by atoms with Crippen molar-refractivity contribution in [1.82, 2.24) is 0 Å². The molecule has 132 valence electrons. The molecule has 0 radical (unpaired) electrons. The standard InChI is InChI=1S/C18H16BrFO5/c1-10(17(21)11-4-6-13(20)7-5-11)25-18(22)12-8-14(23-2)16(19)15(9-12)24-3/h4-10H,1-3H3/t10-/m1/s1. The average Bonchev–Trinajstić information content (AvgIpc) is 2.61. The molecule has 0 saturated carbocycles. The Morgan fingerprint density at radius 3 is 2.00 bits per heavy atom. The smallest absolute Gasteiger partial charge is 0.339 e. The van der Waals surface area contributed by atoms with Gasteiger partial charge in [0.25, 0.3) is 0 Å². The van der Waals surface area contributed by atoms with Crippen LogP contribution in [0, 0.1) is 5.82 Å². The van der Waals surface area contributed by atoms with E-state index in [1.54, 1.807) is 0 Å². The van der Waals surface area contributed by atoms with Gasteiger partial charge in [-0.25, -0.2) is 9.18 Å². The van der Waals surface area contributed by atoms with Crippen LogP contribution < -0.4 is 9.47 Å². The Hall–Kier alpha value is -2.41. The van der Waals surface area contributed by atoms with Gasteiger partial charge in [0.15, 0.2) is 6.10 Å². The van der Waals surface area contributed by atoms with Crippen LogP contribution in [-0.2, 0) is 4.74 Å². The number of hydrogen-bond acceptors (Lipinski definition) is 5. The molecule has 5 nitrogen and oxygen atoms in total. The summed E-state index contributed by atoms with van der Waals surface area (Å²) in [4.78, 5) is 24.6. The summed E-state index contributed by atoms with van der Waals surface area (Å²) >= 11 is 3.31. The number of ether oxygens (including phenoxy) is 3. The molecule has 0 aromatic heterocycles. The predicted octanol–water partition coefficient (Wildman–Crippen LogP) is 4.03. The van der Waals surface area contributed by atoms with Crippen molar-refractivity contribution in [3.63, 3.8) is 0 Å². The molecule has 0 spiro atoms. The highest BCUT2D eigenvalue weighted by molar-refractivity contribution is 9.10. The lowest BCUT2D eigenvalue weighted by atomic mass is 10.1. The third-order valence-corrected chi connectivity index (χ3v) is 4.24. The van der Waals surface area contributed by atoms with Crippen LogP contribution in [0.4, 0.5) is 4.39 Å². The van der Waals surface area contributed by atoms with Crippen LogP contribution in [0.5, 0.6) is 11.5 Å². The van der Waals surface area contributed by atoms with Crippen LogP contribution in [0.1, 0.15) is 27.6 Å². The van der Waals surface area contributed by atoms with E-state index in [-0.39, 0.29) is 11.1 Å². The molecule has 7 heteroatoms. The topological polar surface area (TPSA) is 61.8 Å². The second kappa shape index (κ2) is 8.11. The van der Waals surface area contributed by atoms with Crippen LogP contribution in [0.25, 0.3) is 0 Å². The maximum absolute atomic E-state index is 12.9. The fraction of sp³-hybridized carbons (Fsp3) is 0.222. The minimum atomic E-state index is -1.03. The third kappa shape index (κ3) is 4.36. The minimum absolute atomic E-state index is 0.177. The maximum Gasteiger partial charge on any atom is 0.339 e. The second-order valence-electron chi connectivity index (χ2n) is 5.11. The molecule has 0 saturated heterocycles. The number of halogens is 2. The van der Waals surface area contributed by atoms with E-state index >= 15 is 0 Å². The fourth-order valence-electron chi connectivity index (χ4n) is 2.12. The molecule has 0 unspecified atom stereocenters. The molecule has 0 heterocycles. The number of Topliss-reactive ketones (excluding diaryl/α,β-unsaturated/α-hetero) is 1. The zero-order chi connectivity index (χ0) is 18.6. The summed E-state index contributed by atoms with van der Waals surface area (Å²) < 4.78 is 29.1. The summed E-state index contributed by atoms with van der Waals surface area (Å²) in [6.45, 7) is 1.46. The van der Waals surface area contributed by atoms with Gasteiger partial charge in [-0.3, -0.25) is 4.79 Å². The summed E-state index contributed by atoms with van der Waals surface area (Å²) in [6, 6.07) is 7.98. The molecule has 0 N–H and O–H groups in total. The van der Waals surface area contributed by atoms with Gasteiger partial charge in [0.1, 0.15) is 21.8 Å². The molecule has 0 amide bonds. The quantitative estimate of drug-likeness (QED) is 0.531. The lowest BCUT2D eigenvalue weighted by Gasteiger charge is -2.14. The summed E-state index contributed by atoms with van der Waals surface area (Å²) in [5, 5.41) is 0. The van der Waals surface area contributed by atoms with Crippen molar-refractivity contribution in [3.05, 3.63) is 57.8 Å². The van der Waals surface area contributed by atoms with E-state index < -0.39 is 23.7 Å². The van der Waals surface area contributed by atoms with Gasteiger partial charge in [-0.05, 0) is 59.3 Å². The number of methoxy groups -OCH3 is 2. The first-order chi connectivity index (χ1) is 11.9. The van der Waals surface area contributed by atoms with E-state index in [0.717, 1.165) is 0 Å². The van der Waals surface area contributed by atoms with E-state index in [4.69, 9.17) is 14.2 Å². The number of esters is 1. The van der Waals surface area contributed by atoms with Crippen LogP contribution in [0.15, 0.2) is 40.9 Å². The van der Waals surface area contributed by atoms with Crippen molar-refractivity contribution in [3.8, 4) is 11.5 Å². The highest BCUT2D eigenvalue weighted by atomic mass is 79.9. The molecule has 2 rings (SSSR count). The summed E-state index contributed by atoms with van der Waals surface area (Å²) in [7, 11) is 2.91. The Labute approximate surface area is 152 Å². The molecule has 1 atom stereocenters. The minimum Gasteiger partial charge on any atom is -0.495 e. The molecule has 0 bridgehead atoms. The predicted molar refractivity (Wildman–Crippen MR) is 92.9 cm³/mol. The molecule has 0 aliphatic heterocycles. The molecule has 2 aromatic rings. The SMILES string of the molecule is COc1cc(C(=O)O[C@H](C)C(=O)c2ccc(F)cc2)cc(OC)c1Br. The third-order valence-electron chi connectivity index (χ3n) is 3.46. The van der Waals surface area contributed by atoms with Crippen molar-refractivity contribution in [2.75, 3.05) is 14.2 Å². The first-order valence-corrected chi connectivity index (χ1v) is 8.09. The van der Waals surface area contributed by atoms with Crippen molar-refractivity contribution >= 4 is 27.7 Å². The number of benzene rings is 2. The highest BCUT2D eigenvalue weighted by Crippen LogP contribution is 2.35. The summed E-state index contributed by atoms with van der Waals surface area (Å²) in [6.07, 6.45) is -1.03. The molecule has 0 fully saturated rings. The zero-order valence-corrected chi connectivity index (χ0v) is 15.4. The van der Waals surface area contributed by atoms with E-state index in [2.05, 4.69) is 15.9 Å². The van der Waals surface area contributed by atoms with Crippen molar-refractivity contribution in [2.45, 2.75) is 13.0 Å². The molecular formula is C18H16BrFO5. The van der Waals surface area contributed by atoms with Gasteiger partial charge >= 0.3 is 5.97 Å². The Morgan fingerprint density at radius 1 is 1.00 bits per heavy atom.